The minimum atomic E-state index is -0.603. The van der Waals surface area contributed by atoms with E-state index in [9.17, 15) is 19.2 Å². The number of methoxy groups -OCH3 is 2. The number of rotatable bonds is 11. The first-order valence-corrected chi connectivity index (χ1v) is 13.5. The quantitative estimate of drug-likeness (QED) is 0.452. The zero-order chi connectivity index (χ0) is 27.1. The van der Waals surface area contributed by atoms with E-state index in [0.717, 1.165) is 49.5 Å². The molecule has 1 saturated carbocycles. The molecule has 2 aliphatic rings. The van der Waals surface area contributed by atoms with Crippen molar-refractivity contribution in [3.05, 3.63) is 33.0 Å². The van der Waals surface area contributed by atoms with Crippen LogP contribution in [0.25, 0.3) is 10.9 Å². The van der Waals surface area contributed by atoms with E-state index in [1.807, 2.05) is 0 Å². The van der Waals surface area contributed by atoms with Gasteiger partial charge in [-0.05, 0) is 38.2 Å². The van der Waals surface area contributed by atoms with E-state index in [-0.39, 0.29) is 48.9 Å². The van der Waals surface area contributed by atoms with Gasteiger partial charge in [-0.1, -0.05) is 19.3 Å². The molecule has 2 aromatic rings. The lowest BCUT2D eigenvalue weighted by Gasteiger charge is -2.23. The molecule has 11 heteroatoms. The number of amides is 2. The second kappa shape index (κ2) is 12.9. The first-order chi connectivity index (χ1) is 18.4. The second-order valence-corrected chi connectivity index (χ2v) is 9.99. The van der Waals surface area contributed by atoms with Gasteiger partial charge in [-0.3, -0.25) is 23.5 Å². The van der Waals surface area contributed by atoms with E-state index >= 15 is 0 Å². The smallest absolute Gasteiger partial charge is 0.331 e. The Hall–Kier alpha value is -3.34. The van der Waals surface area contributed by atoms with Crippen molar-refractivity contribution in [3.8, 4) is 11.5 Å². The third-order valence-corrected chi connectivity index (χ3v) is 7.34. The SMILES string of the molecule is COc1cc2c(=O)n(CCCC(=O)NC[C@H]3CCCO3)c(=O)n(CC(=O)NC3CCCCC3)c2cc1OC. The topological polar surface area (TPSA) is 130 Å². The Bertz CT molecular complexity index is 1260. The fraction of sp³-hybridized carbons (Fsp3) is 0.630. The molecular formula is C27H38N4O7. The number of nitrogens with one attached hydrogen (secondary N) is 2. The Morgan fingerprint density at radius 1 is 0.974 bits per heavy atom. The number of aromatic nitrogens is 2. The number of nitrogens with zero attached hydrogens (tertiary/aromatic N) is 2. The van der Waals surface area contributed by atoms with Crippen LogP contribution < -0.4 is 31.4 Å². The molecular weight excluding hydrogens is 492 g/mol. The average molecular weight is 531 g/mol. The van der Waals surface area contributed by atoms with Crippen LogP contribution in [0.1, 0.15) is 57.8 Å². The summed E-state index contributed by atoms with van der Waals surface area (Å²) in [6, 6.07) is 3.16. The Kier molecular flexibility index (Phi) is 9.43. The third-order valence-electron chi connectivity index (χ3n) is 7.34. The third kappa shape index (κ3) is 6.56. The minimum absolute atomic E-state index is 0.0412. The number of fused-ring (bicyclic) bond motifs is 1. The van der Waals surface area contributed by atoms with Crippen molar-refractivity contribution >= 4 is 22.7 Å². The highest BCUT2D eigenvalue weighted by atomic mass is 16.5. The molecule has 1 atom stereocenters. The molecule has 0 spiro atoms. The van der Waals surface area contributed by atoms with Crippen LogP contribution in [-0.4, -0.2) is 60.5 Å². The standard InChI is InChI=1S/C27H38N4O7/c1-36-22-14-20-21(15-23(22)37-2)31(17-25(33)29-18-8-4-3-5-9-18)27(35)30(26(20)34)12-6-11-24(32)28-16-19-10-7-13-38-19/h14-15,18-19H,3-13,16-17H2,1-2H3,(H,28,32)(H,29,33)/t19-/m1/s1. The van der Waals surface area contributed by atoms with Crippen molar-refractivity contribution in [1.29, 1.82) is 0 Å². The molecule has 1 aliphatic carbocycles. The molecule has 0 unspecified atom stereocenters. The second-order valence-electron chi connectivity index (χ2n) is 9.99. The summed E-state index contributed by atoms with van der Waals surface area (Å²) in [7, 11) is 2.93. The van der Waals surface area contributed by atoms with Gasteiger partial charge in [-0.2, -0.15) is 0 Å². The minimum Gasteiger partial charge on any atom is -0.493 e. The van der Waals surface area contributed by atoms with Gasteiger partial charge in [0.2, 0.25) is 11.8 Å². The molecule has 1 aromatic heterocycles. The Labute approximate surface area is 221 Å². The first kappa shape index (κ1) is 27.7. The van der Waals surface area contributed by atoms with Gasteiger partial charge in [0.05, 0.1) is 31.2 Å². The normalized spacial score (nSPS) is 17.9. The van der Waals surface area contributed by atoms with Crippen molar-refractivity contribution in [3.63, 3.8) is 0 Å². The molecule has 2 fully saturated rings. The van der Waals surface area contributed by atoms with Gasteiger partial charge in [0.15, 0.2) is 11.5 Å². The monoisotopic (exact) mass is 530 g/mol. The Morgan fingerprint density at radius 3 is 2.39 bits per heavy atom. The molecule has 2 heterocycles. The number of ether oxygens (including phenoxy) is 3. The summed E-state index contributed by atoms with van der Waals surface area (Å²) in [6.07, 6.45) is 7.54. The molecule has 2 amide bonds. The van der Waals surface area contributed by atoms with Crippen LogP contribution in [0.15, 0.2) is 21.7 Å². The molecule has 4 rings (SSSR count). The van der Waals surface area contributed by atoms with Crippen LogP contribution in [-0.2, 0) is 27.4 Å². The predicted octanol–water partition coefficient (Wildman–Crippen LogP) is 1.70. The van der Waals surface area contributed by atoms with Gasteiger partial charge in [0.1, 0.15) is 6.54 Å². The van der Waals surface area contributed by atoms with Crippen molar-refractivity contribution in [2.75, 3.05) is 27.4 Å². The number of carbonyl (C=O) groups is 2. The fourth-order valence-electron chi connectivity index (χ4n) is 5.28. The van der Waals surface area contributed by atoms with Gasteiger partial charge >= 0.3 is 5.69 Å². The first-order valence-electron chi connectivity index (χ1n) is 13.5. The van der Waals surface area contributed by atoms with Gasteiger partial charge < -0.3 is 24.8 Å². The van der Waals surface area contributed by atoms with Gasteiger partial charge in [-0.25, -0.2) is 4.79 Å². The van der Waals surface area contributed by atoms with E-state index in [1.165, 1.54) is 24.9 Å². The molecule has 0 radical (unpaired) electrons. The Balaban J connectivity index is 1.57. The van der Waals surface area contributed by atoms with Gasteiger partial charge in [0.25, 0.3) is 5.56 Å². The summed E-state index contributed by atoms with van der Waals surface area (Å²) in [6.45, 7) is 0.981. The van der Waals surface area contributed by atoms with Crippen molar-refractivity contribution in [1.82, 2.24) is 19.8 Å². The molecule has 38 heavy (non-hydrogen) atoms. The van der Waals surface area contributed by atoms with Gasteiger partial charge in [0, 0.05) is 38.2 Å². The maximum Gasteiger partial charge on any atom is 0.331 e. The highest BCUT2D eigenvalue weighted by Gasteiger charge is 2.21. The van der Waals surface area contributed by atoms with Crippen LogP contribution in [0.5, 0.6) is 11.5 Å². The molecule has 1 aromatic carbocycles. The number of hydrogen-bond donors (Lipinski definition) is 2. The lowest BCUT2D eigenvalue weighted by Crippen LogP contribution is -2.44. The maximum atomic E-state index is 13.5. The molecule has 208 valence electrons. The van der Waals surface area contributed by atoms with Crippen LogP contribution in [0.3, 0.4) is 0 Å². The van der Waals surface area contributed by atoms with Crippen LogP contribution in [0.2, 0.25) is 0 Å². The predicted molar refractivity (Wildman–Crippen MR) is 142 cm³/mol. The molecule has 1 aliphatic heterocycles. The van der Waals surface area contributed by atoms with Crippen LogP contribution in [0, 0.1) is 0 Å². The lowest BCUT2D eigenvalue weighted by atomic mass is 9.95. The molecule has 0 bridgehead atoms. The highest BCUT2D eigenvalue weighted by molar-refractivity contribution is 5.84. The van der Waals surface area contributed by atoms with Crippen LogP contribution in [0.4, 0.5) is 0 Å². The summed E-state index contributed by atoms with van der Waals surface area (Å²) in [5.74, 6) is 0.247. The van der Waals surface area contributed by atoms with E-state index in [4.69, 9.17) is 14.2 Å². The highest BCUT2D eigenvalue weighted by Crippen LogP contribution is 2.30. The molecule has 2 N–H and O–H groups in total. The lowest BCUT2D eigenvalue weighted by molar-refractivity contribution is -0.123. The number of benzene rings is 1. The van der Waals surface area contributed by atoms with Crippen LogP contribution >= 0.6 is 0 Å². The zero-order valence-corrected chi connectivity index (χ0v) is 22.3. The van der Waals surface area contributed by atoms with Gasteiger partial charge in [-0.15, -0.1) is 0 Å². The largest absolute Gasteiger partial charge is 0.493 e. The summed E-state index contributed by atoms with van der Waals surface area (Å²) in [5.41, 5.74) is -0.815. The van der Waals surface area contributed by atoms with E-state index in [0.29, 0.717) is 36.6 Å². The molecule has 1 saturated heterocycles. The maximum absolute atomic E-state index is 13.5. The zero-order valence-electron chi connectivity index (χ0n) is 22.3. The fourth-order valence-corrected chi connectivity index (χ4v) is 5.28. The summed E-state index contributed by atoms with van der Waals surface area (Å²) < 4.78 is 18.7. The van der Waals surface area contributed by atoms with E-state index in [1.54, 1.807) is 6.07 Å². The van der Waals surface area contributed by atoms with E-state index in [2.05, 4.69) is 10.6 Å². The summed E-state index contributed by atoms with van der Waals surface area (Å²) in [4.78, 5) is 52.2. The summed E-state index contributed by atoms with van der Waals surface area (Å²) >= 11 is 0. The summed E-state index contributed by atoms with van der Waals surface area (Å²) in [5, 5.41) is 6.12. The molecule has 11 nitrogen and oxygen atoms in total. The van der Waals surface area contributed by atoms with Crippen molar-refractivity contribution in [2.24, 2.45) is 0 Å². The Morgan fingerprint density at radius 2 is 1.71 bits per heavy atom. The van der Waals surface area contributed by atoms with Crippen molar-refractivity contribution < 1.29 is 23.8 Å². The van der Waals surface area contributed by atoms with E-state index < -0.39 is 11.2 Å². The average Bonchev–Trinajstić information content (AvgIpc) is 3.45. The van der Waals surface area contributed by atoms with Crippen molar-refractivity contribution in [2.45, 2.75) is 83.0 Å². The number of hydrogen-bond acceptors (Lipinski definition) is 7. The number of carbonyl (C=O) groups excluding carboxylic acids is 2.